The number of ether oxygens (including phenoxy) is 1. The minimum absolute atomic E-state index is 0.187. The van der Waals surface area contributed by atoms with E-state index in [0.717, 1.165) is 11.3 Å². The van der Waals surface area contributed by atoms with Gasteiger partial charge >= 0.3 is 6.03 Å². The van der Waals surface area contributed by atoms with Crippen molar-refractivity contribution < 1.29 is 23.6 Å². The van der Waals surface area contributed by atoms with E-state index >= 15 is 0 Å². The van der Waals surface area contributed by atoms with E-state index in [1.54, 1.807) is 34.1 Å². The molecule has 11 nitrogen and oxygen atoms in total. The number of nitrogens with one attached hydrogen (secondary N) is 3. The maximum Gasteiger partial charge on any atom is 0.320 e. The highest BCUT2D eigenvalue weighted by molar-refractivity contribution is 5.97. The van der Waals surface area contributed by atoms with Gasteiger partial charge < -0.3 is 15.4 Å². The van der Waals surface area contributed by atoms with Gasteiger partial charge in [-0.3, -0.25) is 14.9 Å². The van der Waals surface area contributed by atoms with Crippen LogP contribution in [0.1, 0.15) is 34.5 Å². The number of likely N-dealkylation sites (N-methyl/N-ethyl adjacent to an activating group) is 1. The highest BCUT2D eigenvalue weighted by Crippen LogP contribution is 2.33. The van der Waals surface area contributed by atoms with E-state index in [1.807, 2.05) is 44.2 Å². The molecule has 3 N–H and O–H groups in total. The molecule has 2 aromatic carbocycles. The van der Waals surface area contributed by atoms with Crippen molar-refractivity contribution in [2.45, 2.75) is 26.0 Å². The average molecular weight is 574 g/mol. The van der Waals surface area contributed by atoms with Crippen molar-refractivity contribution in [3.63, 3.8) is 0 Å². The molecule has 1 aliphatic heterocycles. The van der Waals surface area contributed by atoms with Crippen molar-refractivity contribution in [1.82, 2.24) is 30.5 Å². The molecule has 0 unspecified atom stereocenters. The van der Waals surface area contributed by atoms with Crippen LogP contribution in [0.4, 0.5) is 15.0 Å². The van der Waals surface area contributed by atoms with Gasteiger partial charge in [-0.15, -0.1) is 0 Å². The summed E-state index contributed by atoms with van der Waals surface area (Å²) in [6.07, 6.45) is 1.09. The first-order chi connectivity index (χ1) is 20.3. The number of amides is 3. The molecule has 4 aromatic rings. The second-order valence-electron chi connectivity index (χ2n) is 9.69. The first kappa shape index (κ1) is 28.7. The van der Waals surface area contributed by atoms with Crippen molar-refractivity contribution in [3.8, 4) is 22.8 Å². The Hall–Kier alpha value is -4.81. The summed E-state index contributed by atoms with van der Waals surface area (Å²) in [4.78, 5) is 36.3. The Morgan fingerprint density at radius 2 is 1.88 bits per heavy atom. The minimum atomic E-state index is -0.486. The number of para-hydroxylation sites is 1. The number of nitrogens with zero attached hydrogens (tertiary/aromatic N) is 4. The van der Waals surface area contributed by atoms with Gasteiger partial charge in [-0.05, 0) is 42.8 Å². The fourth-order valence-electron chi connectivity index (χ4n) is 4.89. The lowest BCUT2D eigenvalue weighted by atomic mass is 10.0. The monoisotopic (exact) mass is 573 g/mol. The standard InChI is InChI=1S/C30H32FN7O4/c1-5-37-17-24(26(42-37)19-11-13-21(31)14-12-19)34-30(40)35-27-18(2)25(36-38(27)22-9-7-6-8-10-22)20-15-23(28(39)32-3)29(41-4)33-16-20/h6-16,24,26H,5,17H2,1-4H3,(H,32,39)(H2,34,35,40)/t24-,26+/m1/s1. The van der Waals surface area contributed by atoms with Crippen molar-refractivity contribution in [2.24, 2.45) is 0 Å². The molecule has 42 heavy (non-hydrogen) atoms. The van der Waals surface area contributed by atoms with Crippen LogP contribution in [-0.2, 0) is 4.84 Å². The molecule has 0 bridgehead atoms. The van der Waals surface area contributed by atoms with Crippen molar-refractivity contribution in [2.75, 3.05) is 32.6 Å². The lowest BCUT2D eigenvalue weighted by molar-refractivity contribution is -0.144. The molecule has 2 atom stereocenters. The summed E-state index contributed by atoms with van der Waals surface area (Å²) in [7, 11) is 2.97. The summed E-state index contributed by atoms with van der Waals surface area (Å²) in [5, 5.41) is 15.2. The Morgan fingerprint density at radius 1 is 1.14 bits per heavy atom. The summed E-state index contributed by atoms with van der Waals surface area (Å²) < 4.78 is 20.5. The lowest BCUT2D eigenvalue weighted by Crippen LogP contribution is -2.42. The number of aromatic nitrogens is 3. The van der Waals surface area contributed by atoms with Gasteiger partial charge in [0, 0.05) is 37.5 Å². The number of methoxy groups -OCH3 is 1. The number of anilines is 1. The Kier molecular flexibility index (Phi) is 8.46. The van der Waals surface area contributed by atoms with E-state index in [-0.39, 0.29) is 23.2 Å². The van der Waals surface area contributed by atoms with E-state index in [2.05, 4.69) is 20.9 Å². The van der Waals surface area contributed by atoms with E-state index in [1.165, 1.54) is 26.3 Å². The maximum atomic E-state index is 13.6. The number of hydrogen-bond donors (Lipinski definition) is 3. The van der Waals surface area contributed by atoms with Crippen molar-refractivity contribution in [3.05, 3.63) is 89.4 Å². The fraction of sp³-hybridized carbons (Fsp3) is 0.267. The smallest absolute Gasteiger partial charge is 0.320 e. The van der Waals surface area contributed by atoms with E-state index in [0.29, 0.717) is 35.7 Å². The largest absolute Gasteiger partial charge is 0.480 e. The number of halogens is 1. The van der Waals surface area contributed by atoms with E-state index in [4.69, 9.17) is 14.7 Å². The van der Waals surface area contributed by atoms with E-state index < -0.39 is 18.2 Å². The van der Waals surface area contributed by atoms with Gasteiger partial charge in [-0.2, -0.15) is 10.2 Å². The molecule has 5 rings (SSSR count). The van der Waals surface area contributed by atoms with Crippen LogP contribution in [0, 0.1) is 12.7 Å². The fourth-order valence-corrected chi connectivity index (χ4v) is 4.89. The van der Waals surface area contributed by atoms with Gasteiger partial charge in [0.2, 0.25) is 5.88 Å². The molecular weight excluding hydrogens is 541 g/mol. The summed E-state index contributed by atoms with van der Waals surface area (Å²) >= 11 is 0. The third kappa shape index (κ3) is 5.80. The molecule has 12 heteroatoms. The number of hydroxylamine groups is 2. The first-order valence-electron chi connectivity index (χ1n) is 13.5. The third-order valence-corrected chi connectivity index (χ3v) is 7.04. The summed E-state index contributed by atoms with van der Waals surface area (Å²) in [6, 6.07) is 16.2. The quantitative estimate of drug-likeness (QED) is 0.288. The summed E-state index contributed by atoms with van der Waals surface area (Å²) in [6.45, 7) is 4.86. The van der Waals surface area contributed by atoms with E-state index in [9.17, 15) is 14.0 Å². The molecule has 1 fully saturated rings. The zero-order chi connectivity index (χ0) is 29.8. The van der Waals surface area contributed by atoms with Crippen molar-refractivity contribution >= 4 is 17.8 Å². The SMILES string of the molecule is CCN1C[C@@H](NC(=O)Nc2c(C)c(-c3cnc(OC)c(C(=O)NC)c3)nn2-c2ccccc2)[C@H](c2ccc(F)cc2)O1. The van der Waals surface area contributed by atoms with Gasteiger partial charge in [0.25, 0.3) is 5.91 Å². The highest BCUT2D eigenvalue weighted by atomic mass is 19.1. The summed E-state index contributed by atoms with van der Waals surface area (Å²) in [5.74, 6) is -0.0711. The zero-order valence-corrected chi connectivity index (χ0v) is 23.7. The number of benzene rings is 2. The second kappa shape index (κ2) is 12.4. The van der Waals surface area contributed by atoms with Crippen LogP contribution in [0.3, 0.4) is 0 Å². The number of rotatable bonds is 8. The molecule has 2 aromatic heterocycles. The number of hydrogen-bond acceptors (Lipinski definition) is 7. The highest BCUT2D eigenvalue weighted by Gasteiger charge is 2.36. The zero-order valence-electron chi connectivity index (χ0n) is 23.7. The molecule has 1 saturated heterocycles. The van der Waals surface area contributed by atoms with Gasteiger partial charge in [-0.25, -0.2) is 18.9 Å². The molecule has 3 heterocycles. The molecule has 0 spiro atoms. The van der Waals surface area contributed by atoms with Crippen molar-refractivity contribution in [1.29, 1.82) is 0 Å². The summed E-state index contributed by atoms with van der Waals surface area (Å²) in [5.41, 5.74) is 3.50. The second-order valence-corrected chi connectivity index (χ2v) is 9.69. The Balaban J connectivity index is 1.47. The first-order valence-corrected chi connectivity index (χ1v) is 13.5. The Labute approximate surface area is 242 Å². The van der Waals surface area contributed by atoms with Crippen LogP contribution in [0.5, 0.6) is 5.88 Å². The molecule has 0 aliphatic carbocycles. The number of urea groups is 1. The predicted molar refractivity (Wildman–Crippen MR) is 155 cm³/mol. The Morgan fingerprint density at radius 3 is 2.55 bits per heavy atom. The number of pyridine rings is 1. The third-order valence-electron chi connectivity index (χ3n) is 7.04. The molecule has 0 radical (unpaired) electrons. The van der Waals surface area contributed by atoms with Crippen LogP contribution in [-0.4, -0.2) is 65.1 Å². The average Bonchev–Trinajstić information content (AvgIpc) is 3.57. The topological polar surface area (TPSA) is 123 Å². The molecular formula is C30H32FN7O4. The minimum Gasteiger partial charge on any atom is -0.480 e. The van der Waals surface area contributed by atoms with Gasteiger partial charge in [-0.1, -0.05) is 37.3 Å². The van der Waals surface area contributed by atoms with Crippen LogP contribution in [0.2, 0.25) is 0 Å². The lowest BCUT2D eigenvalue weighted by Gasteiger charge is -2.19. The van der Waals surface area contributed by atoms with Gasteiger partial charge in [0.15, 0.2) is 0 Å². The molecule has 1 aliphatic rings. The van der Waals surface area contributed by atoms with Gasteiger partial charge in [0.1, 0.15) is 23.3 Å². The number of carbonyl (C=O) groups excluding carboxylic acids is 2. The molecule has 3 amide bonds. The van der Waals surface area contributed by atoms with Crippen LogP contribution in [0.25, 0.3) is 16.9 Å². The molecule has 218 valence electrons. The predicted octanol–water partition coefficient (Wildman–Crippen LogP) is 4.25. The maximum absolute atomic E-state index is 13.6. The number of carbonyl (C=O) groups is 2. The normalized spacial score (nSPS) is 16.7. The molecule has 0 saturated carbocycles. The van der Waals surface area contributed by atoms with Crippen LogP contribution < -0.4 is 20.7 Å². The van der Waals surface area contributed by atoms with Crippen LogP contribution in [0.15, 0.2) is 66.9 Å². The Bertz CT molecular complexity index is 1580. The van der Waals surface area contributed by atoms with Gasteiger partial charge in [0.05, 0.1) is 24.5 Å². The van der Waals surface area contributed by atoms with Crippen LogP contribution >= 0.6 is 0 Å².